The van der Waals surface area contributed by atoms with Gasteiger partial charge in [-0.05, 0) is 43.0 Å². The molecule has 1 amide bonds. The van der Waals surface area contributed by atoms with Crippen molar-refractivity contribution in [2.75, 3.05) is 6.61 Å². The van der Waals surface area contributed by atoms with Crippen LogP contribution < -0.4 is 5.32 Å². The van der Waals surface area contributed by atoms with Crippen LogP contribution in [0.3, 0.4) is 0 Å². The van der Waals surface area contributed by atoms with Gasteiger partial charge in [-0.2, -0.15) is 13.2 Å². The Bertz CT molecular complexity index is 466. The lowest BCUT2D eigenvalue weighted by molar-refractivity contribution is -0.132. The number of thioether (sulfide) groups is 1. The number of ether oxygens (including phenoxy) is 1. The van der Waals surface area contributed by atoms with Crippen molar-refractivity contribution < 1.29 is 22.7 Å². The highest BCUT2D eigenvalue weighted by Crippen LogP contribution is 2.30. The summed E-state index contributed by atoms with van der Waals surface area (Å²) in [5.74, 6) is -0.820. The van der Waals surface area contributed by atoms with Crippen molar-refractivity contribution in [3.8, 4) is 0 Å². The first-order valence-electron chi connectivity index (χ1n) is 5.60. The lowest BCUT2D eigenvalue weighted by atomic mass is 10.2. The summed E-state index contributed by atoms with van der Waals surface area (Å²) in [6.07, 6.45) is -4.63. The molecule has 1 atom stereocenters. The minimum absolute atomic E-state index is 0.143. The summed E-state index contributed by atoms with van der Waals surface area (Å²) in [7, 11) is 0. The SMILES string of the molecule is CCOC(=S)SC(NC(=O)c1ccccc1)C(F)(F)F. The number of alkyl halides is 3. The standard InChI is InChI=1S/C12H12F3NO2S2/c1-2-18-11(19)20-10(12(13,14)15)16-9(17)8-6-4-3-5-7-8/h3-7,10H,2H2,1H3,(H,16,17). The van der Waals surface area contributed by atoms with E-state index in [0.717, 1.165) is 0 Å². The Balaban J connectivity index is 2.75. The van der Waals surface area contributed by atoms with Gasteiger partial charge in [0.1, 0.15) is 0 Å². The normalized spacial score (nSPS) is 12.6. The zero-order valence-corrected chi connectivity index (χ0v) is 12.1. The van der Waals surface area contributed by atoms with Crippen LogP contribution in [0.2, 0.25) is 0 Å². The van der Waals surface area contributed by atoms with Crippen molar-refractivity contribution in [2.24, 2.45) is 0 Å². The number of benzene rings is 1. The number of amides is 1. The molecule has 0 spiro atoms. The first kappa shape index (κ1) is 16.8. The maximum absolute atomic E-state index is 12.8. The van der Waals surface area contributed by atoms with Crippen molar-refractivity contribution in [1.82, 2.24) is 5.32 Å². The smallest absolute Gasteiger partial charge is 0.418 e. The van der Waals surface area contributed by atoms with Crippen molar-refractivity contribution in [3.63, 3.8) is 0 Å². The van der Waals surface area contributed by atoms with E-state index in [1.54, 1.807) is 25.1 Å². The second-order valence-corrected chi connectivity index (χ2v) is 5.27. The van der Waals surface area contributed by atoms with Crippen LogP contribution in [0.25, 0.3) is 0 Å². The Hall–Kier alpha value is -1.28. The van der Waals surface area contributed by atoms with Gasteiger partial charge in [0.25, 0.3) is 5.91 Å². The number of hydrogen-bond acceptors (Lipinski definition) is 4. The third kappa shape index (κ3) is 5.38. The molecule has 0 bridgehead atoms. The third-order valence-electron chi connectivity index (χ3n) is 2.07. The molecule has 0 aliphatic heterocycles. The Labute approximate surface area is 123 Å². The van der Waals surface area contributed by atoms with Crippen molar-refractivity contribution >= 4 is 34.3 Å². The molecule has 1 unspecified atom stereocenters. The Morgan fingerprint density at radius 2 is 2.00 bits per heavy atom. The summed E-state index contributed by atoms with van der Waals surface area (Å²) < 4.78 is 43.1. The molecule has 0 fully saturated rings. The number of carbonyl (C=O) groups excluding carboxylic acids is 1. The lowest BCUT2D eigenvalue weighted by Crippen LogP contribution is -2.43. The molecule has 0 aliphatic rings. The van der Waals surface area contributed by atoms with Gasteiger partial charge in [0.15, 0.2) is 5.37 Å². The van der Waals surface area contributed by atoms with Crippen LogP contribution in [0.15, 0.2) is 30.3 Å². The monoisotopic (exact) mass is 323 g/mol. The first-order valence-corrected chi connectivity index (χ1v) is 6.89. The number of nitrogens with one attached hydrogen (secondary N) is 1. The van der Waals surface area contributed by atoms with Gasteiger partial charge in [-0.15, -0.1) is 0 Å². The Morgan fingerprint density at radius 1 is 1.40 bits per heavy atom. The van der Waals surface area contributed by atoms with Crippen LogP contribution in [0, 0.1) is 0 Å². The highest BCUT2D eigenvalue weighted by molar-refractivity contribution is 8.23. The zero-order valence-electron chi connectivity index (χ0n) is 10.4. The molecule has 0 radical (unpaired) electrons. The minimum Gasteiger partial charge on any atom is -0.479 e. The zero-order chi connectivity index (χ0) is 15.2. The van der Waals surface area contributed by atoms with E-state index in [2.05, 4.69) is 12.2 Å². The predicted octanol–water partition coefficient (Wildman–Crippen LogP) is 3.36. The van der Waals surface area contributed by atoms with Gasteiger partial charge in [0.2, 0.25) is 4.38 Å². The van der Waals surface area contributed by atoms with Crippen LogP contribution in [0.1, 0.15) is 17.3 Å². The molecule has 0 aromatic heterocycles. The minimum atomic E-state index is -4.63. The molecule has 0 heterocycles. The fraction of sp³-hybridized carbons (Fsp3) is 0.333. The summed E-state index contributed by atoms with van der Waals surface area (Å²) in [6.45, 7) is 1.78. The van der Waals surface area contributed by atoms with E-state index in [4.69, 9.17) is 4.74 Å². The molecule has 0 saturated carbocycles. The molecule has 1 aromatic rings. The quantitative estimate of drug-likeness (QED) is 0.681. The van der Waals surface area contributed by atoms with E-state index in [0.29, 0.717) is 0 Å². The molecular formula is C12H12F3NO2S2. The van der Waals surface area contributed by atoms with Crippen molar-refractivity contribution in [3.05, 3.63) is 35.9 Å². The highest BCUT2D eigenvalue weighted by atomic mass is 32.2. The van der Waals surface area contributed by atoms with E-state index in [-0.39, 0.29) is 28.3 Å². The number of carbonyl (C=O) groups is 1. The summed E-state index contributed by atoms with van der Waals surface area (Å²) in [5.41, 5.74) is 0.143. The van der Waals surface area contributed by atoms with E-state index in [1.165, 1.54) is 12.1 Å². The molecular weight excluding hydrogens is 311 g/mol. The molecule has 0 saturated heterocycles. The molecule has 1 aromatic carbocycles. The maximum atomic E-state index is 12.8. The fourth-order valence-corrected chi connectivity index (χ4v) is 2.30. The van der Waals surface area contributed by atoms with Crippen LogP contribution in [0.5, 0.6) is 0 Å². The Morgan fingerprint density at radius 3 is 2.50 bits per heavy atom. The summed E-state index contributed by atoms with van der Waals surface area (Å²) in [4.78, 5) is 11.7. The molecule has 8 heteroatoms. The van der Waals surface area contributed by atoms with E-state index in [1.807, 2.05) is 5.32 Å². The molecule has 1 N–H and O–H groups in total. The van der Waals surface area contributed by atoms with Gasteiger partial charge in [-0.25, -0.2) is 0 Å². The van der Waals surface area contributed by atoms with Crippen LogP contribution >= 0.6 is 24.0 Å². The summed E-state index contributed by atoms with van der Waals surface area (Å²) in [6, 6.07) is 7.64. The van der Waals surface area contributed by atoms with Crippen molar-refractivity contribution in [2.45, 2.75) is 18.5 Å². The topological polar surface area (TPSA) is 38.3 Å². The molecule has 110 valence electrons. The predicted molar refractivity (Wildman–Crippen MR) is 75.6 cm³/mol. The fourth-order valence-electron chi connectivity index (χ4n) is 1.22. The lowest BCUT2D eigenvalue weighted by Gasteiger charge is -2.21. The Kier molecular flexibility index (Phi) is 6.28. The third-order valence-corrected chi connectivity index (χ3v) is 3.41. The number of hydrogen-bond donors (Lipinski definition) is 1. The average Bonchev–Trinajstić information content (AvgIpc) is 2.38. The number of rotatable bonds is 4. The van der Waals surface area contributed by atoms with Gasteiger partial charge in [-0.3, -0.25) is 4.79 Å². The molecule has 1 rings (SSSR count). The van der Waals surface area contributed by atoms with E-state index >= 15 is 0 Å². The molecule has 0 aliphatic carbocycles. The van der Waals surface area contributed by atoms with Crippen LogP contribution in [-0.4, -0.2) is 28.4 Å². The number of halogens is 3. The van der Waals surface area contributed by atoms with Gasteiger partial charge < -0.3 is 10.1 Å². The number of thiocarbonyl (C=S) groups is 1. The van der Waals surface area contributed by atoms with Gasteiger partial charge in [-0.1, -0.05) is 18.2 Å². The van der Waals surface area contributed by atoms with Crippen LogP contribution in [-0.2, 0) is 4.74 Å². The molecule has 20 heavy (non-hydrogen) atoms. The summed E-state index contributed by atoms with van der Waals surface area (Å²) in [5, 5.41) is -0.250. The van der Waals surface area contributed by atoms with Crippen molar-refractivity contribution in [1.29, 1.82) is 0 Å². The van der Waals surface area contributed by atoms with Gasteiger partial charge in [0, 0.05) is 5.56 Å². The largest absolute Gasteiger partial charge is 0.479 e. The second-order valence-electron chi connectivity index (χ2n) is 3.56. The van der Waals surface area contributed by atoms with E-state index < -0.39 is 17.5 Å². The first-order chi connectivity index (χ1) is 9.34. The second kappa shape index (κ2) is 7.49. The summed E-state index contributed by atoms with van der Waals surface area (Å²) >= 11 is 4.91. The highest BCUT2D eigenvalue weighted by Gasteiger charge is 2.42. The molecule has 3 nitrogen and oxygen atoms in total. The van der Waals surface area contributed by atoms with E-state index in [9.17, 15) is 18.0 Å². The average molecular weight is 323 g/mol. The van der Waals surface area contributed by atoms with Crippen LogP contribution in [0.4, 0.5) is 13.2 Å². The van der Waals surface area contributed by atoms with Gasteiger partial charge >= 0.3 is 6.18 Å². The maximum Gasteiger partial charge on any atom is 0.418 e. The van der Waals surface area contributed by atoms with Gasteiger partial charge in [0.05, 0.1) is 6.61 Å².